The molecule has 1 fully saturated rings. The summed E-state index contributed by atoms with van der Waals surface area (Å²) in [6, 6.07) is 10.2. The number of ether oxygens (including phenoxy) is 1. The number of fused-ring (bicyclic) bond motifs is 1. The van der Waals surface area contributed by atoms with Crippen molar-refractivity contribution in [1.29, 1.82) is 0 Å². The Balaban J connectivity index is 1.55. The van der Waals surface area contributed by atoms with Crippen LogP contribution in [0.25, 0.3) is 0 Å². The Hall–Kier alpha value is -2.14. The molecule has 160 valence electrons. The van der Waals surface area contributed by atoms with Crippen molar-refractivity contribution in [2.75, 3.05) is 12.4 Å². The summed E-state index contributed by atoms with van der Waals surface area (Å²) in [5.74, 6) is 0.513. The molecule has 30 heavy (non-hydrogen) atoms. The molecule has 4 rings (SSSR count). The number of hydrogen-bond donors (Lipinski definition) is 1. The van der Waals surface area contributed by atoms with Gasteiger partial charge in [-0.3, -0.25) is 4.79 Å². The smallest absolute Gasteiger partial charge is 0.341 e. The first-order valence-corrected chi connectivity index (χ1v) is 11.8. The number of esters is 1. The van der Waals surface area contributed by atoms with Crippen molar-refractivity contribution in [1.82, 2.24) is 0 Å². The molecular formula is C25H31NO3S. The number of carbonyl (C=O) groups is 2. The fraction of sp³-hybridized carbons (Fsp3) is 0.520. The number of methoxy groups -OCH3 is 1. The number of nitrogens with one attached hydrogen (secondary N) is 1. The molecule has 3 atom stereocenters. The lowest BCUT2D eigenvalue weighted by Gasteiger charge is -2.36. The molecule has 1 saturated carbocycles. The van der Waals surface area contributed by atoms with E-state index in [9.17, 15) is 9.59 Å². The predicted octanol–water partition coefficient (Wildman–Crippen LogP) is 5.82. The van der Waals surface area contributed by atoms with Gasteiger partial charge >= 0.3 is 5.97 Å². The lowest BCUT2D eigenvalue weighted by molar-refractivity contribution is -0.117. The predicted molar refractivity (Wildman–Crippen MR) is 121 cm³/mol. The normalized spacial score (nSPS) is 22.9. The van der Waals surface area contributed by atoms with Crippen LogP contribution in [0.4, 0.5) is 5.00 Å². The summed E-state index contributed by atoms with van der Waals surface area (Å²) in [6.45, 7) is 6.90. The third-order valence-electron chi connectivity index (χ3n) is 7.26. The van der Waals surface area contributed by atoms with Crippen molar-refractivity contribution in [2.24, 2.45) is 17.3 Å². The second kappa shape index (κ2) is 8.18. The molecule has 1 amide bonds. The SMILES string of the molecule is CCC(C)(C)C1CCc2c(sc(NC(=O)C3CC3c3ccccc3)c2C(=O)OC)C1. The number of anilines is 1. The molecule has 0 radical (unpaired) electrons. The highest BCUT2D eigenvalue weighted by atomic mass is 32.1. The maximum atomic E-state index is 12.9. The van der Waals surface area contributed by atoms with E-state index in [1.807, 2.05) is 18.2 Å². The molecule has 1 aromatic heterocycles. The minimum absolute atomic E-state index is 0.0121. The first kappa shape index (κ1) is 21.1. The number of hydrogen-bond acceptors (Lipinski definition) is 4. The van der Waals surface area contributed by atoms with Gasteiger partial charge in [0.25, 0.3) is 0 Å². The monoisotopic (exact) mass is 425 g/mol. The molecule has 0 aliphatic heterocycles. The largest absolute Gasteiger partial charge is 0.465 e. The molecular weight excluding hydrogens is 394 g/mol. The Bertz CT molecular complexity index is 947. The number of amides is 1. The molecule has 0 bridgehead atoms. The van der Waals surface area contributed by atoms with E-state index in [0.717, 1.165) is 37.7 Å². The van der Waals surface area contributed by atoms with Crippen LogP contribution < -0.4 is 5.32 Å². The van der Waals surface area contributed by atoms with Crippen molar-refractivity contribution in [3.05, 3.63) is 51.9 Å². The average molecular weight is 426 g/mol. The molecule has 2 aliphatic rings. The van der Waals surface area contributed by atoms with Crippen LogP contribution in [0.2, 0.25) is 0 Å². The summed E-state index contributed by atoms with van der Waals surface area (Å²) in [7, 11) is 1.41. The highest BCUT2D eigenvalue weighted by Gasteiger charge is 2.44. The molecule has 1 heterocycles. The Morgan fingerprint density at radius 2 is 1.97 bits per heavy atom. The van der Waals surface area contributed by atoms with E-state index in [-0.39, 0.29) is 29.1 Å². The minimum atomic E-state index is -0.341. The lowest BCUT2D eigenvalue weighted by Crippen LogP contribution is -2.28. The van der Waals surface area contributed by atoms with Crippen LogP contribution in [-0.4, -0.2) is 19.0 Å². The fourth-order valence-electron chi connectivity index (χ4n) is 4.71. The maximum absolute atomic E-state index is 12.9. The summed E-state index contributed by atoms with van der Waals surface area (Å²) >= 11 is 1.57. The van der Waals surface area contributed by atoms with E-state index in [1.54, 1.807) is 11.3 Å². The molecule has 2 aromatic rings. The van der Waals surface area contributed by atoms with Gasteiger partial charge in [-0.15, -0.1) is 11.3 Å². The van der Waals surface area contributed by atoms with Gasteiger partial charge in [-0.05, 0) is 54.1 Å². The lowest BCUT2D eigenvalue weighted by atomic mass is 9.69. The summed E-state index contributed by atoms with van der Waals surface area (Å²) < 4.78 is 5.08. The zero-order chi connectivity index (χ0) is 21.5. The second-order valence-corrected chi connectivity index (χ2v) is 10.4. The molecule has 0 spiro atoms. The van der Waals surface area contributed by atoms with Gasteiger partial charge < -0.3 is 10.1 Å². The van der Waals surface area contributed by atoms with E-state index in [1.165, 1.54) is 17.6 Å². The molecule has 1 N–H and O–H groups in total. The van der Waals surface area contributed by atoms with E-state index in [4.69, 9.17) is 4.74 Å². The Morgan fingerprint density at radius 3 is 2.63 bits per heavy atom. The third kappa shape index (κ3) is 3.92. The van der Waals surface area contributed by atoms with Crippen LogP contribution in [0.15, 0.2) is 30.3 Å². The summed E-state index contributed by atoms with van der Waals surface area (Å²) in [5, 5.41) is 3.76. The Morgan fingerprint density at radius 1 is 1.23 bits per heavy atom. The number of rotatable bonds is 6. The van der Waals surface area contributed by atoms with Gasteiger partial charge in [0.2, 0.25) is 5.91 Å². The third-order valence-corrected chi connectivity index (χ3v) is 8.43. The van der Waals surface area contributed by atoms with E-state index < -0.39 is 0 Å². The fourth-order valence-corrected chi connectivity index (χ4v) is 6.02. The molecule has 3 unspecified atom stereocenters. The maximum Gasteiger partial charge on any atom is 0.341 e. The van der Waals surface area contributed by atoms with Crippen LogP contribution in [0.5, 0.6) is 0 Å². The number of carbonyl (C=O) groups excluding carboxylic acids is 2. The van der Waals surface area contributed by atoms with Gasteiger partial charge in [-0.1, -0.05) is 57.5 Å². The summed E-state index contributed by atoms with van der Waals surface area (Å²) in [6.07, 6.45) is 4.91. The molecule has 4 nitrogen and oxygen atoms in total. The van der Waals surface area contributed by atoms with Crippen molar-refractivity contribution >= 4 is 28.2 Å². The van der Waals surface area contributed by atoms with Crippen molar-refractivity contribution in [3.8, 4) is 0 Å². The van der Waals surface area contributed by atoms with Crippen LogP contribution in [0.3, 0.4) is 0 Å². The van der Waals surface area contributed by atoms with E-state index in [2.05, 4.69) is 38.2 Å². The van der Waals surface area contributed by atoms with Gasteiger partial charge in [0, 0.05) is 10.8 Å². The second-order valence-electron chi connectivity index (χ2n) is 9.33. The summed E-state index contributed by atoms with van der Waals surface area (Å²) in [5.41, 5.74) is 3.14. The van der Waals surface area contributed by atoms with E-state index in [0.29, 0.717) is 16.5 Å². The highest BCUT2D eigenvalue weighted by Crippen LogP contribution is 2.49. The van der Waals surface area contributed by atoms with Gasteiger partial charge in [0.1, 0.15) is 5.00 Å². The first-order valence-electron chi connectivity index (χ1n) is 10.9. The van der Waals surface area contributed by atoms with Crippen molar-refractivity contribution in [3.63, 3.8) is 0 Å². The molecule has 1 aromatic carbocycles. The van der Waals surface area contributed by atoms with Gasteiger partial charge in [-0.2, -0.15) is 0 Å². The minimum Gasteiger partial charge on any atom is -0.465 e. The van der Waals surface area contributed by atoms with Crippen molar-refractivity contribution < 1.29 is 14.3 Å². The number of benzene rings is 1. The Kier molecular flexibility index (Phi) is 5.75. The van der Waals surface area contributed by atoms with Crippen LogP contribution in [0, 0.1) is 17.3 Å². The van der Waals surface area contributed by atoms with Gasteiger partial charge in [0.15, 0.2) is 0 Å². The first-order chi connectivity index (χ1) is 14.4. The summed E-state index contributed by atoms with van der Waals surface area (Å²) in [4.78, 5) is 26.8. The van der Waals surface area contributed by atoms with Crippen LogP contribution >= 0.6 is 11.3 Å². The van der Waals surface area contributed by atoms with Gasteiger partial charge in [0.05, 0.1) is 12.7 Å². The zero-order valence-electron chi connectivity index (χ0n) is 18.3. The van der Waals surface area contributed by atoms with Gasteiger partial charge in [-0.25, -0.2) is 4.79 Å². The van der Waals surface area contributed by atoms with E-state index >= 15 is 0 Å². The standard InChI is InChI=1S/C25H31NO3S/c1-5-25(2,3)16-11-12-17-20(13-16)30-23(21(17)24(28)29-4)26-22(27)19-14-18(19)15-9-7-6-8-10-15/h6-10,16,18-19H,5,11-14H2,1-4H3,(H,26,27). The molecule has 2 aliphatic carbocycles. The average Bonchev–Trinajstić information content (AvgIpc) is 3.49. The molecule has 0 saturated heterocycles. The highest BCUT2D eigenvalue weighted by molar-refractivity contribution is 7.17. The van der Waals surface area contributed by atoms with Crippen LogP contribution in [0.1, 0.15) is 72.3 Å². The Labute approximate surface area is 183 Å². The van der Waals surface area contributed by atoms with Crippen molar-refractivity contribution in [2.45, 2.75) is 58.8 Å². The number of thiophene rings is 1. The molecule has 5 heteroatoms. The van der Waals surface area contributed by atoms with Crippen LogP contribution in [-0.2, 0) is 22.4 Å². The zero-order valence-corrected chi connectivity index (χ0v) is 19.1. The topological polar surface area (TPSA) is 55.4 Å². The quantitative estimate of drug-likeness (QED) is 0.594.